The fraction of sp³-hybridized carbons (Fsp3) is 0.455. The highest BCUT2D eigenvalue weighted by Gasteiger charge is 2.13. The van der Waals surface area contributed by atoms with Gasteiger partial charge in [-0.1, -0.05) is 6.92 Å². The number of pyridine rings is 1. The van der Waals surface area contributed by atoms with Crippen molar-refractivity contribution in [3.05, 3.63) is 23.9 Å². The fourth-order valence-electron chi connectivity index (χ4n) is 1.05. The van der Waals surface area contributed by atoms with E-state index in [0.29, 0.717) is 10.6 Å². The second-order valence-corrected chi connectivity index (χ2v) is 4.46. The van der Waals surface area contributed by atoms with Crippen LogP contribution < -0.4 is 0 Å². The van der Waals surface area contributed by atoms with Gasteiger partial charge in [-0.15, -0.1) is 11.8 Å². The topological polar surface area (TPSA) is 59.4 Å². The number of methoxy groups -OCH3 is 1. The zero-order chi connectivity index (χ0) is 12.0. The molecular weight excluding hydrogens is 226 g/mol. The molecule has 0 bridgehead atoms. The Bertz CT molecular complexity index is 357. The van der Waals surface area contributed by atoms with Gasteiger partial charge in [0.25, 0.3) is 0 Å². The molecule has 1 unspecified atom stereocenters. The number of nitrogens with zero attached hydrogens (tertiary/aromatic N) is 1. The van der Waals surface area contributed by atoms with Crippen LogP contribution in [0.5, 0.6) is 0 Å². The summed E-state index contributed by atoms with van der Waals surface area (Å²) in [6.07, 6.45) is 1.64. The number of aliphatic hydroxyl groups is 1. The van der Waals surface area contributed by atoms with Crippen molar-refractivity contribution in [3.63, 3.8) is 0 Å². The minimum atomic E-state index is -0.382. The Balaban J connectivity index is 2.75. The molecule has 0 aliphatic carbocycles. The largest absolute Gasteiger partial charge is 0.465 e. The van der Waals surface area contributed by atoms with Gasteiger partial charge in [-0.25, -0.2) is 9.78 Å². The summed E-state index contributed by atoms with van der Waals surface area (Å²) in [6, 6.07) is 3.39. The Morgan fingerprint density at radius 2 is 2.44 bits per heavy atom. The molecule has 0 aromatic carbocycles. The van der Waals surface area contributed by atoms with Crippen molar-refractivity contribution in [1.82, 2.24) is 4.98 Å². The Hall–Kier alpha value is -1.07. The van der Waals surface area contributed by atoms with Crippen molar-refractivity contribution >= 4 is 17.7 Å². The number of hydrogen-bond acceptors (Lipinski definition) is 5. The third-order valence-corrected chi connectivity index (χ3v) is 3.33. The van der Waals surface area contributed by atoms with Crippen LogP contribution in [0.4, 0.5) is 0 Å². The van der Waals surface area contributed by atoms with Crippen molar-refractivity contribution < 1.29 is 14.6 Å². The van der Waals surface area contributed by atoms with Gasteiger partial charge >= 0.3 is 5.97 Å². The molecule has 1 N–H and O–H groups in total. The number of thioether (sulfide) groups is 1. The Kier molecular flexibility index (Phi) is 5.28. The average molecular weight is 241 g/mol. The van der Waals surface area contributed by atoms with E-state index >= 15 is 0 Å². The maximum Gasteiger partial charge on any atom is 0.340 e. The minimum Gasteiger partial charge on any atom is -0.465 e. The molecule has 1 rings (SSSR count). The molecule has 1 aromatic rings. The monoisotopic (exact) mass is 241 g/mol. The Morgan fingerprint density at radius 1 is 1.69 bits per heavy atom. The van der Waals surface area contributed by atoms with Gasteiger partial charge in [0.05, 0.1) is 12.7 Å². The van der Waals surface area contributed by atoms with Crippen molar-refractivity contribution in [1.29, 1.82) is 0 Å². The van der Waals surface area contributed by atoms with Gasteiger partial charge in [0.2, 0.25) is 0 Å². The fourth-order valence-corrected chi connectivity index (χ4v) is 2.04. The molecule has 5 heteroatoms. The van der Waals surface area contributed by atoms with Gasteiger partial charge in [0.1, 0.15) is 5.03 Å². The molecule has 0 aliphatic rings. The average Bonchev–Trinajstić information content (AvgIpc) is 2.35. The maximum absolute atomic E-state index is 11.4. The van der Waals surface area contributed by atoms with Gasteiger partial charge in [-0.3, -0.25) is 0 Å². The zero-order valence-electron chi connectivity index (χ0n) is 9.34. The number of carbonyl (C=O) groups excluding carboxylic acids is 1. The highest BCUT2D eigenvalue weighted by molar-refractivity contribution is 7.99. The summed E-state index contributed by atoms with van der Waals surface area (Å²) in [5.41, 5.74) is 0.472. The second kappa shape index (κ2) is 6.50. The van der Waals surface area contributed by atoms with Gasteiger partial charge in [-0.2, -0.15) is 0 Å². The van der Waals surface area contributed by atoms with E-state index in [-0.39, 0.29) is 18.5 Å². The Labute approximate surface area is 99.0 Å². The highest BCUT2D eigenvalue weighted by atomic mass is 32.2. The molecule has 0 aliphatic heterocycles. The third-order valence-electron chi connectivity index (χ3n) is 1.99. The van der Waals surface area contributed by atoms with Crippen molar-refractivity contribution in [3.8, 4) is 0 Å². The smallest absolute Gasteiger partial charge is 0.340 e. The van der Waals surface area contributed by atoms with E-state index < -0.39 is 0 Å². The second-order valence-electron chi connectivity index (χ2n) is 3.45. The maximum atomic E-state index is 11.4. The first-order valence-electron chi connectivity index (χ1n) is 4.96. The molecule has 16 heavy (non-hydrogen) atoms. The number of ether oxygens (including phenoxy) is 1. The van der Waals surface area contributed by atoms with Crippen molar-refractivity contribution in [2.45, 2.75) is 11.9 Å². The number of rotatable bonds is 5. The molecule has 88 valence electrons. The zero-order valence-corrected chi connectivity index (χ0v) is 10.2. The molecule has 0 spiro atoms. The molecule has 0 saturated heterocycles. The molecule has 1 heterocycles. The van der Waals surface area contributed by atoms with Crippen LogP contribution in [0.1, 0.15) is 17.3 Å². The van der Waals surface area contributed by atoms with Crippen molar-refractivity contribution in [2.75, 3.05) is 19.5 Å². The highest BCUT2D eigenvalue weighted by Crippen LogP contribution is 2.22. The molecule has 0 saturated carbocycles. The van der Waals surface area contributed by atoms with E-state index in [1.165, 1.54) is 18.9 Å². The lowest BCUT2D eigenvalue weighted by Gasteiger charge is -2.09. The summed E-state index contributed by atoms with van der Waals surface area (Å²) in [5.74, 6) is 0.516. The van der Waals surface area contributed by atoms with E-state index in [9.17, 15) is 4.79 Å². The molecular formula is C11H15NO3S. The SMILES string of the molecule is COC(=O)c1cccnc1SCC(C)CO. The van der Waals surface area contributed by atoms with Crippen molar-refractivity contribution in [2.24, 2.45) is 5.92 Å². The van der Waals surface area contributed by atoms with Crippen LogP contribution in [-0.4, -0.2) is 35.5 Å². The quantitative estimate of drug-likeness (QED) is 0.626. The number of esters is 1. The van der Waals surface area contributed by atoms with E-state index in [4.69, 9.17) is 5.11 Å². The number of aromatic nitrogens is 1. The molecule has 0 radical (unpaired) electrons. The first kappa shape index (κ1) is 13.0. The molecule has 1 aromatic heterocycles. The molecule has 4 nitrogen and oxygen atoms in total. The van der Waals surface area contributed by atoms with Gasteiger partial charge in [-0.05, 0) is 18.1 Å². The van der Waals surface area contributed by atoms with Crippen LogP contribution in [0.25, 0.3) is 0 Å². The summed E-state index contributed by atoms with van der Waals surface area (Å²) in [6.45, 7) is 2.07. The lowest BCUT2D eigenvalue weighted by Crippen LogP contribution is -2.07. The third kappa shape index (κ3) is 3.50. The number of hydrogen-bond donors (Lipinski definition) is 1. The normalized spacial score (nSPS) is 12.2. The first-order valence-corrected chi connectivity index (χ1v) is 5.94. The first-order chi connectivity index (χ1) is 7.69. The van der Waals surface area contributed by atoms with Gasteiger partial charge < -0.3 is 9.84 Å². The lowest BCUT2D eigenvalue weighted by atomic mass is 10.2. The van der Waals surface area contributed by atoms with Gasteiger partial charge in [0, 0.05) is 18.6 Å². The van der Waals surface area contributed by atoms with Gasteiger partial charge in [0.15, 0.2) is 0 Å². The summed E-state index contributed by atoms with van der Waals surface area (Å²) >= 11 is 1.45. The van der Waals surface area contributed by atoms with E-state index in [0.717, 1.165) is 5.75 Å². The molecule has 0 amide bonds. The standard InChI is InChI=1S/C11H15NO3S/c1-8(6-13)7-16-10-9(11(14)15-2)4-3-5-12-10/h3-5,8,13H,6-7H2,1-2H3. The van der Waals surface area contributed by atoms with E-state index in [1.54, 1.807) is 18.3 Å². The molecule has 0 fully saturated rings. The van der Waals surface area contributed by atoms with E-state index in [2.05, 4.69) is 9.72 Å². The van der Waals surface area contributed by atoms with Crippen LogP contribution in [0.3, 0.4) is 0 Å². The van der Waals surface area contributed by atoms with Crippen LogP contribution in [-0.2, 0) is 4.74 Å². The predicted octanol–water partition coefficient (Wildman–Crippen LogP) is 1.59. The summed E-state index contributed by atoms with van der Waals surface area (Å²) in [7, 11) is 1.35. The number of aliphatic hydroxyl groups excluding tert-OH is 1. The van der Waals surface area contributed by atoms with Crippen LogP contribution in [0.2, 0.25) is 0 Å². The summed E-state index contributed by atoms with van der Waals surface area (Å²) < 4.78 is 4.67. The minimum absolute atomic E-state index is 0.132. The summed E-state index contributed by atoms with van der Waals surface area (Å²) in [4.78, 5) is 15.6. The van der Waals surface area contributed by atoms with Crippen LogP contribution in [0.15, 0.2) is 23.4 Å². The van der Waals surface area contributed by atoms with Crippen LogP contribution >= 0.6 is 11.8 Å². The molecule has 1 atom stereocenters. The summed E-state index contributed by atoms with van der Waals surface area (Å²) in [5, 5.41) is 9.56. The van der Waals surface area contributed by atoms with E-state index in [1.807, 2.05) is 6.92 Å². The Morgan fingerprint density at radius 3 is 3.06 bits per heavy atom. The van der Waals surface area contributed by atoms with Crippen LogP contribution in [0, 0.1) is 5.92 Å². The number of carbonyl (C=O) groups is 1. The predicted molar refractivity (Wildman–Crippen MR) is 62.6 cm³/mol. The lowest BCUT2D eigenvalue weighted by molar-refractivity contribution is 0.0596.